The SMILES string of the molecule is CC(Cc1ccco1)NC(=O)c1sc2ncccc2c1N. The standard InChI is InChI=1S/C15H15N3O2S/c1-9(8-10-4-3-7-20-10)18-14(19)13-12(16)11-5-2-6-17-15(11)21-13/h2-7,9H,8,16H2,1H3,(H,18,19). The molecule has 0 fully saturated rings. The Morgan fingerprint density at radius 3 is 3.05 bits per heavy atom. The Morgan fingerprint density at radius 2 is 2.33 bits per heavy atom. The number of nitrogens with zero attached hydrogens (tertiary/aromatic N) is 1. The first-order chi connectivity index (χ1) is 10.1. The number of anilines is 1. The summed E-state index contributed by atoms with van der Waals surface area (Å²) in [6.07, 6.45) is 3.96. The first-order valence-corrected chi connectivity index (χ1v) is 7.43. The van der Waals surface area contributed by atoms with Crippen molar-refractivity contribution in [1.29, 1.82) is 0 Å². The molecule has 21 heavy (non-hydrogen) atoms. The molecule has 0 radical (unpaired) electrons. The summed E-state index contributed by atoms with van der Waals surface area (Å²) in [5, 5.41) is 3.77. The molecular formula is C15H15N3O2S. The number of hydrogen-bond acceptors (Lipinski definition) is 5. The summed E-state index contributed by atoms with van der Waals surface area (Å²) in [4.78, 5) is 17.8. The van der Waals surface area contributed by atoms with E-state index in [1.165, 1.54) is 11.3 Å². The third-order valence-electron chi connectivity index (χ3n) is 3.18. The van der Waals surface area contributed by atoms with E-state index in [0.29, 0.717) is 17.0 Å². The number of amides is 1. The number of pyridine rings is 1. The van der Waals surface area contributed by atoms with E-state index < -0.39 is 0 Å². The van der Waals surface area contributed by atoms with Gasteiger partial charge in [-0.3, -0.25) is 4.79 Å². The van der Waals surface area contributed by atoms with Crippen molar-refractivity contribution in [3.8, 4) is 0 Å². The van der Waals surface area contributed by atoms with Crippen LogP contribution in [0, 0.1) is 0 Å². The molecule has 3 aromatic heterocycles. The van der Waals surface area contributed by atoms with Crippen LogP contribution in [0.3, 0.4) is 0 Å². The predicted octanol–water partition coefficient (Wildman–Crippen LogP) is 2.83. The molecule has 0 aliphatic heterocycles. The molecule has 3 rings (SSSR count). The average Bonchev–Trinajstić information content (AvgIpc) is 3.07. The van der Waals surface area contributed by atoms with E-state index in [4.69, 9.17) is 10.2 Å². The van der Waals surface area contributed by atoms with Crippen molar-refractivity contribution in [3.05, 3.63) is 47.4 Å². The van der Waals surface area contributed by atoms with Gasteiger partial charge in [-0.05, 0) is 31.2 Å². The summed E-state index contributed by atoms with van der Waals surface area (Å²) in [5.74, 6) is 0.670. The van der Waals surface area contributed by atoms with Gasteiger partial charge in [0.15, 0.2) is 0 Å². The third kappa shape index (κ3) is 2.75. The molecule has 0 aromatic carbocycles. The fourth-order valence-electron chi connectivity index (χ4n) is 2.19. The number of carbonyl (C=O) groups is 1. The number of nitrogen functional groups attached to an aromatic ring is 1. The van der Waals surface area contributed by atoms with Crippen LogP contribution in [0.5, 0.6) is 0 Å². The van der Waals surface area contributed by atoms with E-state index in [9.17, 15) is 4.79 Å². The Bertz CT molecular complexity index is 764. The number of fused-ring (bicyclic) bond motifs is 1. The van der Waals surface area contributed by atoms with Crippen LogP contribution >= 0.6 is 11.3 Å². The highest BCUT2D eigenvalue weighted by molar-refractivity contribution is 7.21. The maximum Gasteiger partial charge on any atom is 0.263 e. The fourth-order valence-corrected chi connectivity index (χ4v) is 3.16. The number of nitrogens with two attached hydrogens (primary N) is 1. The first-order valence-electron chi connectivity index (χ1n) is 6.61. The molecule has 108 valence electrons. The number of carbonyl (C=O) groups excluding carboxylic acids is 1. The van der Waals surface area contributed by atoms with Gasteiger partial charge in [-0.1, -0.05) is 0 Å². The molecule has 0 aliphatic rings. The quantitative estimate of drug-likeness (QED) is 0.776. The molecule has 1 unspecified atom stereocenters. The molecule has 1 amide bonds. The van der Waals surface area contributed by atoms with Crippen molar-refractivity contribution in [2.75, 3.05) is 5.73 Å². The minimum absolute atomic E-state index is 0.0405. The maximum absolute atomic E-state index is 12.3. The minimum Gasteiger partial charge on any atom is -0.469 e. The summed E-state index contributed by atoms with van der Waals surface area (Å²) in [6, 6.07) is 7.37. The van der Waals surface area contributed by atoms with Crippen molar-refractivity contribution in [3.63, 3.8) is 0 Å². The number of aromatic nitrogens is 1. The molecule has 5 nitrogen and oxygen atoms in total. The van der Waals surface area contributed by atoms with Gasteiger partial charge in [0.25, 0.3) is 5.91 Å². The lowest BCUT2D eigenvalue weighted by Crippen LogP contribution is -2.33. The summed E-state index contributed by atoms with van der Waals surface area (Å²) < 4.78 is 5.28. The maximum atomic E-state index is 12.3. The zero-order chi connectivity index (χ0) is 14.8. The van der Waals surface area contributed by atoms with Crippen LogP contribution in [0.4, 0.5) is 5.69 Å². The highest BCUT2D eigenvalue weighted by Crippen LogP contribution is 2.31. The van der Waals surface area contributed by atoms with E-state index in [2.05, 4.69) is 10.3 Å². The molecule has 1 atom stereocenters. The highest BCUT2D eigenvalue weighted by atomic mass is 32.1. The van der Waals surface area contributed by atoms with Crippen LogP contribution in [-0.4, -0.2) is 16.9 Å². The number of furan rings is 1. The van der Waals surface area contributed by atoms with Crippen LogP contribution in [0.1, 0.15) is 22.4 Å². The molecule has 0 saturated heterocycles. The van der Waals surface area contributed by atoms with Gasteiger partial charge in [0.05, 0.1) is 12.0 Å². The van der Waals surface area contributed by atoms with Crippen molar-refractivity contribution in [1.82, 2.24) is 10.3 Å². The number of hydrogen-bond donors (Lipinski definition) is 2. The second kappa shape index (κ2) is 5.57. The monoisotopic (exact) mass is 301 g/mol. The largest absolute Gasteiger partial charge is 0.469 e. The highest BCUT2D eigenvalue weighted by Gasteiger charge is 2.18. The zero-order valence-corrected chi connectivity index (χ0v) is 12.3. The lowest BCUT2D eigenvalue weighted by atomic mass is 10.2. The van der Waals surface area contributed by atoms with E-state index >= 15 is 0 Å². The van der Waals surface area contributed by atoms with Crippen LogP contribution in [0.15, 0.2) is 41.1 Å². The van der Waals surface area contributed by atoms with Crippen molar-refractivity contribution in [2.24, 2.45) is 0 Å². The van der Waals surface area contributed by atoms with E-state index in [-0.39, 0.29) is 11.9 Å². The molecule has 0 saturated carbocycles. The van der Waals surface area contributed by atoms with E-state index in [0.717, 1.165) is 16.0 Å². The molecule has 0 spiro atoms. The lowest BCUT2D eigenvalue weighted by Gasteiger charge is -2.11. The Hall–Kier alpha value is -2.34. The van der Waals surface area contributed by atoms with Crippen LogP contribution in [-0.2, 0) is 6.42 Å². The van der Waals surface area contributed by atoms with Gasteiger partial charge < -0.3 is 15.5 Å². The third-order valence-corrected chi connectivity index (χ3v) is 4.30. The van der Waals surface area contributed by atoms with E-state index in [1.54, 1.807) is 12.5 Å². The van der Waals surface area contributed by atoms with Gasteiger partial charge in [0, 0.05) is 24.0 Å². The lowest BCUT2D eigenvalue weighted by molar-refractivity contribution is 0.0944. The first kappa shape index (κ1) is 13.6. The van der Waals surface area contributed by atoms with Gasteiger partial charge in [-0.2, -0.15) is 0 Å². The Kier molecular flexibility index (Phi) is 3.62. The molecular weight excluding hydrogens is 286 g/mol. The second-order valence-electron chi connectivity index (χ2n) is 4.86. The van der Waals surface area contributed by atoms with Crippen molar-refractivity contribution in [2.45, 2.75) is 19.4 Å². The normalized spacial score (nSPS) is 12.4. The number of rotatable bonds is 4. The van der Waals surface area contributed by atoms with Gasteiger partial charge in [0.2, 0.25) is 0 Å². The summed E-state index contributed by atoms with van der Waals surface area (Å²) in [6.45, 7) is 1.93. The van der Waals surface area contributed by atoms with Crippen molar-refractivity contribution >= 4 is 33.1 Å². The smallest absolute Gasteiger partial charge is 0.263 e. The summed E-state index contributed by atoms with van der Waals surface area (Å²) in [5.41, 5.74) is 6.53. The molecule has 3 heterocycles. The number of thiophene rings is 1. The van der Waals surface area contributed by atoms with Gasteiger partial charge >= 0.3 is 0 Å². The predicted molar refractivity (Wildman–Crippen MR) is 83.4 cm³/mol. The van der Waals surface area contributed by atoms with Crippen LogP contribution < -0.4 is 11.1 Å². The Labute approximate surface area is 125 Å². The van der Waals surface area contributed by atoms with Crippen molar-refractivity contribution < 1.29 is 9.21 Å². The Morgan fingerprint density at radius 1 is 1.48 bits per heavy atom. The molecule has 3 N–H and O–H groups in total. The molecule has 3 aromatic rings. The number of nitrogens with one attached hydrogen (secondary N) is 1. The van der Waals surface area contributed by atoms with Gasteiger partial charge in [-0.15, -0.1) is 11.3 Å². The minimum atomic E-state index is -0.172. The second-order valence-corrected chi connectivity index (χ2v) is 5.86. The fraction of sp³-hybridized carbons (Fsp3) is 0.200. The van der Waals surface area contributed by atoms with Crippen LogP contribution in [0.2, 0.25) is 0 Å². The molecule has 6 heteroatoms. The molecule has 0 bridgehead atoms. The van der Waals surface area contributed by atoms with Crippen LogP contribution in [0.25, 0.3) is 10.2 Å². The summed E-state index contributed by atoms with van der Waals surface area (Å²) >= 11 is 1.31. The van der Waals surface area contributed by atoms with E-state index in [1.807, 2.05) is 31.2 Å². The summed E-state index contributed by atoms with van der Waals surface area (Å²) in [7, 11) is 0. The topological polar surface area (TPSA) is 81.2 Å². The average molecular weight is 301 g/mol. The Balaban J connectivity index is 1.76. The van der Waals surface area contributed by atoms with Gasteiger partial charge in [0.1, 0.15) is 15.5 Å². The van der Waals surface area contributed by atoms with Gasteiger partial charge in [-0.25, -0.2) is 4.98 Å². The zero-order valence-electron chi connectivity index (χ0n) is 11.5. The molecule has 0 aliphatic carbocycles.